The molecule has 1 aliphatic heterocycles. The van der Waals surface area contributed by atoms with Gasteiger partial charge in [-0.3, -0.25) is 9.59 Å². The molecule has 0 unspecified atom stereocenters. The second-order valence-corrected chi connectivity index (χ2v) is 8.62. The Morgan fingerprint density at radius 1 is 1.00 bits per heavy atom. The monoisotopic (exact) mass is 462 g/mol. The molecule has 0 bridgehead atoms. The Hall–Kier alpha value is -3.29. The standard InChI is InChI=1S/C26H26N2O4S/c1-3-15-32-16-14-28-22-13-10-19(27-25(29)18-8-11-20(31-2)12-9-18)17-24(22)33-23-7-5-4-6-21(23)26(28)30/h4-13,17H,3,14-16H2,1-2H3,(H,27,29). The zero-order valence-corrected chi connectivity index (χ0v) is 19.5. The van der Waals surface area contributed by atoms with Crippen LogP contribution in [0.25, 0.3) is 0 Å². The highest BCUT2D eigenvalue weighted by molar-refractivity contribution is 7.99. The number of methoxy groups -OCH3 is 1. The van der Waals surface area contributed by atoms with Gasteiger partial charge in [-0.25, -0.2) is 0 Å². The number of anilines is 2. The highest BCUT2D eigenvalue weighted by atomic mass is 32.2. The van der Waals surface area contributed by atoms with Crippen LogP contribution in [0.15, 0.2) is 76.5 Å². The minimum Gasteiger partial charge on any atom is -0.497 e. The maximum Gasteiger partial charge on any atom is 0.259 e. The van der Waals surface area contributed by atoms with Crippen molar-refractivity contribution in [2.45, 2.75) is 23.1 Å². The quantitative estimate of drug-likeness (QED) is 0.449. The lowest BCUT2D eigenvalue weighted by Gasteiger charge is -2.23. The summed E-state index contributed by atoms with van der Waals surface area (Å²) in [5.74, 6) is 0.434. The fraction of sp³-hybridized carbons (Fsp3) is 0.231. The summed E-state index contributed by atoms with van der Waals surface area (Å²) in [5, 5.41) is 2.95. The number of ether oxygens (including phenoxy) is 2. The topological polar surface area (TPSA) is 67.9 Å². The van der Waals surface area contributed by atoms with Gasteiger partial charge >= 0.3 is 0 Å². The third-order valence-electron chi connectivity index (χ3n) is 5.25. The third-order valence-corrected chi connectivity index (χ3v) is 6.37. The maximum atomic E-state index is 13.3. The van der Waals surface area contributed by atoms with Crippen molar-refractivity contribution in [3.05, 3.63) is 77.9 Å². The van der Waals surface area contributed by atoms with Crippen LogP contribution >= 0.6 is 11.8 Å². The van der Waals surface area contributed by atoms with Gasteiger partial charge in [0.25, 0.3) is 11.8 Å². The van der Waals surface area contributed by atoms with Gasteiger partial charge in [-0.2, -0.15) is 0 Å². The van der Waals surface area contributed by atoms with Crippen molar-refractivity contribution in [3.8, 4) is 5.75 Å². The number of fused-ring (bicyclic) bond motifs is 2. The van der Waals surface area contributed by atoms with E-state index in [1.54, 1.807) is 36.3 Å². The second-order valence-electron chi connectivity index (χ2n) is 7.53. The predicted molar refractivity (Wildman–Crippen MR) is 131 cm³/mol. The smallest absolute Gasteiger partial charge is 0.259 e. The zero-order valence-electron chi connectivity index (χ0n) is 18.7. The van der Waals surface area contributed by atoms with E-state index in [1.807, 2.05) is 42.5 Å². The number of carbonyl (C=O) groups is 2. The van der Waals surface area contributed by atoms with Gasteiger partial charge in [0.2, 0.25) is 0 Å². The van der Waals surface area contributed by atoms with Crippen LogP contribution in [-0.4, -0.2) is 38.7 Å². The average Bonchev–Trinajstić information content (AvgIpc) is 2.96. The largest absolute Gasteiger partial charge is 0.497 e. The molecule has 1 aliphatic rings. The lowest BCUT2D eigenvalue weighted by molar-refractivity contribution is 0.0957. The number of benzene rings is 3. The molecule has 2 amide bonds. The molecule has 0 radical (unpaired) electrons. The van der Waals surface area contributed by atoms with Gasteiger partial charge in [0, 0.05) is 34.2 Å². The second kappa shape index (κ2) is 10.6. The lowest BCUT2D eigenvalue weighted by atomic mass is 10.1. The molecule has 4 rings (SSSR count). The van der Waals surface area contributed by atoms with E-state index in [4.69, 9.17) is 9.47 Å². The first kappa shape index (κ1) is 22.9. The fourth-order valence-electron chi connectivity index (χ4n) is 3.57. The Morgan fingerprint density at radius 2 is 1.79 bits per heavy atom. The van der Waals surface area contributed by atoms with Crippen molar-refractivity contribution in [1.82, 2.24) is 0 Å². The van der Waals surface area contributed by atoms with Gasteiger partial charge in [-0.05, 0) is 61.0 Å². The summed E-state index contributed by atoms with van der Waals surface area (Å²) in [6, 6.07) is 20.2. The molecule has 7 heteroatoms. The molecule has 3 aromatic rings. The lowest BCUT2D eigenvalue weighted by Crippen LogP contribution is -2.34. The summed E-state index contributed by atoms with van der Waals surface area (Å²) in [5.41, 5.74) is 2.67. The molecule has 0 atom stereocenters. The molecule has 0 fully saturated rings. The molecule has 0 aliphatic carbocycles. The summed E-state index contributed by atoms with van der Waals surface area (Å²) in [4.78, 5) is 29.6. The van der Waals surface area contributed by atoms with E-state index in [9.17, 15) is 9.59 Å². The maximum absolute atomic E-state index is 13.3. The van der Waals surface area contributed by atoms with Crippen LogP contribution in [0.4, 0.5) is 11.4 Å². The minimum absolute atomic E-state index is 0.0491. The summed E-state index contributed by atoms with van der Waals surface area (Å²) < 4.78 is 10.8. The average molecular weight is 463 g/mol. The number of hydrogen-bond donors (Lipinski definition) is 1. The van der Waals surface area contributed by atoms with Gasteiger partial charge < -0.3 is 19.7 Å². The molecule has 0 spiro atoms. The fourth-order valence-corrected chi connectivity index (χ4v) is 4.69. The van der Waals surface area contributed by atoms with E-state index in [0.29, 0.717) is 42.3 Å². The molecular formula is C26H26N2O4S. The van der Waals surface area contributed by atoms with Gasteiger partial charge in [0.05, 0.1) is 25.0 Å². The van der Waals surface area contributed by atoms with Crippen LogP contribution in [0, 0.1) is 0 Å². The number of nitrogens with zero attached hydrogens (tertiary/aromatic N) is 1. The molecule has 1 heterocycles. The summed E-state index contributed by atoms with van der Waals surface area (Å²) in [6.07, 6.45) is 0.931. The van der Waals surface area contributed by atoms with Crippen molar-refractivity contribution >= 4 is 35.0 Å². The third kappa shape index (κ3) is 5.21. The Kier molecular flexibility index (Phi) is 7.32. The first-order valence-electron chi connectivity index (χ1n) is 10.9. The van der Waals surface area contributed by atoms with Crippen molar-refractivity contribution in [2.75, 3.05) is 37.1 Å². The van der Waals surface area contributed by atoms with E-state index >= 15 is 0 Å². The van der Waals surface area contributed by atoms with Crippen LogP contribution in [0.2, 0.25) is 0 Å². The van der Waals surface area contributed by atoms with Gasteiger partial charge in [0.1, 0.15) is 5.75 Å². The molecule has 0 saturated heterocycles. The Bertz CT molecular complexity index is 1150. The van der Waals surface area contributed by atoms with Crippen LogP contribution < -0.4 is 15.0 Å². The van der Waals surface area contributed by atoms with Crippen LogP contribution in [0.1, 0.15) is 34.1 Å². The minimum atomic E-state index is -0.211. The Labute approximate surface area is 197 Å². The Balaban J connectivity index is 1.61. The molecule has 0 saturated carbocycles. The van der Waals surface area contributed by atoms with E-state index in [2.05, 4.69) is 12.2 Å². The molecule has 3 aromatic carbocycles. The van der Waals surface area contributed by atoms with Crippen LogP contribution in [0.3, 0.4) is 0 Å². The first-order valence-corrected chi connectivity index (χ1v) is 11.7. The molecule has 0 aromatic heterocycles. The number of hydrogen-bond acceptors (Lipinski definition) is 5. The van der Waals surface area contributed by atoms with Crippen molar-refractivity contribution in [1.29, 1.82) is 0 Å². The van der Waals surface area contributed by atoms with Gasteiger partial charge in [-0.15, -0.1) is 0 Å². The molecular weight excluding hydrogens is 436 g/mol. The summed E-state index contributed by atoms with van der Waals surface area (Å²) in [7, 11) is 1.59. The van der Waals surface area contributed by atoms with Crippen molar-refractivity contribution in [3.63, 3.8) is 0 Å². The summed E-state index contributed by atoms with van der Waals surface area (Å²) in [6.45, 7) is 3.64. The highest BCUT2D eigenvalue weighted by Gasteiger charge is 2.27. The zero-order chi connectivity index (χ0) is 23.2. The first-order chi connectivity index (χ1) is 16.1. The number of carbonyl (C=O) groups excluding carboxylic acids is 2. The predicted octanol–water partition coefficient (Wildman–Crippen LogP) is 5.49. The number of amides is 2. The Morgan fingerprint density at radius 3 is 2.55 bits per heavy atom. The van der Waals surface area contributed by atoms with Gasteiger partial charge in [0.15, 0.2) is 0 Å². The van der Waals surface area contributed by atoms with E-state index in [-0.39, 0.29) is 11.8 Å². The SMILES string of the molecule is CCCOCCN1C(=O)c2ccccc2Sc2cc(NC(=O)c3ccc(OC)cc3)ccc21. The molecule has 33 heavy (non-hydrogen) atoms. The summed E-state index contributed by atoms with van der Waals surface area (Å²) >= 11 is 1.53. The van der Waals surface area contributed by atoms with E-state index in [0.717, 1.165) is 21.9 Å². The van der Waals surface area contributed by atoms with Crippen LogP contribution in [-0.2, 0) is 4.74 Å². The van der Waals surface area contributed by atoms with Crippen molar-refractivity contribution in [2.24, 2.45) is 0 Å². The van der Waals surface area contributed by atoms with E-state index in [1.165, 1.54) is 11.8 Å². The molecule has 6 nitrogen and oxygen atoms in total. The van der Waals surface area contributed by atoms with Crippen LogP contribution in [0.5, 0.6) is 5.75 Å². The molecule has 170 valence electrons. The molecule has 1 N–H and O–H groups in total. The number of nitrogens with one attached hydrogen (secondary N) is 1. The normalized spacial score (nSPS) is 12.5. The van der Waals surface area contributed by atoms with E-state index < -0.39 is 0 Å². The van der Waals surface area contributed by atoms with Crippen molar-refractivity contribution < 1.29 is 19.1 Å². The highest BCUT2D eigenvalue weighted by Crippen LogP contribution is 2.42. The number of rotatable bonds is 8. The van der Waals surface area contributed by atoms with Gasteiger partial charge in [-0.1, -0.05) is 30.8 Å².